The number of nitrogens with one attached hydrogen (secondary N) is 1. The van der Waals surface area contributed by atoms with Crippen molar-refractivity contribution < 1.29 is 4.74 Å². The van der Waals surface area contributed by atoms with Crippen molar-refractivity contribution in [2.45, 2.75) is 18.7 Å². The summed E-state index contributed by atoms with van der Waals surface area (Å²) >= 11 is 4.82. The van der Waals surface area contributed by atoms with Gasteiger partial charge in [-0.05, 0) is 12.0 Å². The van der Waals surface area contributed by atoms with E-state index >= 15 is 0 Å². The summed E-state index contributed by atoms with van der Waals surface area (Å²) in [5, 5.41) is 4.94. The molecular weight excluding hydrogens is 194 g/mol. The Balaban J connectivity index is 1.90. The first kappa shape index (κ1) is 9.77. The number of hydrogen-bond acceptors (Lipinski definition) is 3. The summed E-state index contributed by atoms with van der Waals surface area (Å²) in [4.78, 5) is 0. The van der Waals surface area contributed by atoms with Crippen LogP contribution in [-0.2, 0) is 11.2 Å². The minimum absolute atomic E-state index is 0.0429. The molecule has 0 bridgehead atoms. The van der Waals surface area contributed by atoms with Gasteiger partial charge in [0.2, 0.25) is 0 Å². The molecule has 0 radical (unpaired) electrons. The highest BCUT2D eigenvalue weighted by atomic mass is 32.1. The van der Waals surface area contributed by atoms with E-state index in [2.05, 4.69) is 29.6 Å². The Labute approximate surface area is 89.3 Å². The Kier molecular flexibility index (Phi) is 3.24. The number of benzene rings is 1. The van der Waals surface area contributed by atoms with Crippen molar-refractivity contribution in [3.8, 4) is 0 Å². The lowest BCUT2D eigenvalue weighted by atomic mass is 10.1. The first-order valence-electron chi connectivity index (χ1n) is 4.75. The summed E-state index contributed by atoms with van der Waals surface area (Å²) in [7, 11) is 0. The zero-order valence-corrected chi connectivity index (χ0v) is 8.67. The monoisotopic (exact) mass is 207 g/mol. The van der Waals surface area contributed by atoms with Crippen molar-refractivity contribution in [3.63, 3.8) is 0 Å². The number of hydrogen-bond donors (Lipinski definition) is 1. The zero-order chi connectivity index (χ0) is 9.80. The first-order valence-corrected chi connectivity index (χ1v) is 5.22. The summed E-state index contributed by atoms with van der Waals surface area (Å²) in [6.07, 6.45) is 0.958. The Morgan fingerprint density at radius 2 is 2.21 bits per heavy atom. The van der Waals surface area contributed by atoms with Crippen molar-refractivity contribution in [2.24, 2.45) is 0 Å². The van der Waals surface area contributed by atoms with E-state index in [1.54, 1.807) is 5.37 Å². The predicted molar refractivity (Wildman–Crippen MR) is 60.5 cm³/mol. The fraction of sp³-hybridized carbons (Fsp3) is 0.364. The molecule has 2 rings (SSSR count). The minimum atomic E-state index is -0.0429. The topological polar surface area (TPSA) is 21.3 Å². The predicted octanol–water partition coefficient (Wildman–Crippen LogP) is 1.54. The van der Waals surface area contributed by atoms with Gasteiger partial charge in [-0.2, -0.15) is 0 Å². The second kappa shape index (κ2) is 4.64. The van der Waals surface area contributed by atoms with E-state index in [9.17, 15) is 0 Å². The van der Waals surface area contributed by atoms with Crippen LogP contribution in [-0.4, -0.2) is 24.2 Å². The summed E-state index contributed by atoms with van der Waals surface area (Å²) in [6.45, 7) is 0.743. The van der Waals surface area contributed by atoms with Gasteiger partial charge in [-0.3, -0.25) is 5.32 Å². The average molecular weight is 207 g/mol. The summed E-state index contributed by atoms with van der Waals surface area (Å²) in [6, 6.07) is 10.8. The lowest BCUT2D eigenvalue weighted by molar-refractivity contribution is 0.154. The van der Waals surface area contributed by atoms with Crippen LogP contribution in [0.2, 0.25) is 0 Å². The van der Waals surface area contributed by atoms with Gasteiger partial charge in [-0.15, -0.1) is 0 Å². The summed E-state index contributed by atoms with van der Waals surface area (Å²) in [5.41, 5.74) is 1.33. The smallest absolute Gasteiger partial charge is 0.137 e. The minimum Gasteiger partial charge on any atom is -0.357 e. The average Bonchev–Trinajstić information content (AvgIpc) is 2.67. The molecule has 1 unspecified atom stereocenters. The second-order valence-electron chi connectivity index (χ2n) is 3.44. The van der Waals surface area contributed by atoms with Gasteiger partial charge in [0.05, 0.1) is 6.61 Å². The summed E-state index contributed by atoms with van der Waals surface area (Å²) in [5.74, 6) is 0. The highest BCUT2D eigenvalue weighted by molar-refractivity contribution is 7.79. The van der Waals surface area contributed by atoms with Crippen molar-refractivity contribution in [1.29, 1.82) is 0 Å². The van der Waals surface area contributed by atoms with Crippen LogP contribution in [0.15, 0.2) is 30.3 Å². The van der Waals surface area contributed by atoms with E-state index in [-0.39, 0.29) is 6.23 Å². The SMILES string of the molecule is S=CC1N[C@@H](Cc2ccccc2)CO1. The van der Waals surface area contributed by atoms with Crippen LogP contribution in [0.3, 0.4) is 0 Å². The number of rotatable bonds is 3. The van der Waals surface area contributed by atoms with Gasteiger partial charge in [0, 0.05) is 11.4 Å². The van der Waals surface area contributed by atoms with Crippen molar-refractivity contribution in [3.05, 3.63) is 35.9 Å². The maximum Gasteiger partial charge on any atom is 0.137 e. The third-order valence-corrected chi connectivity index (χ3v) is 2.57. The fourth-order valence-corrected chi connectivity index (χ4v) is 1.80. The summed E-state index contributed by atoms with van der Waals surface area (Å²) < 4.78 is 5.42. The Morgan fingerprint density at radius 1 is 1.43 bits per heavy atom. The zero-order valence-electron chi connectivity index (χ0n) is 7.85. The maximum absolute atomic E-state index is 5.42. The standard InChI is InChI=1S/C11H13NOS/c14-8-11-12-10(7-13-11)6-9-4-2-1-3-5-9/h1-5,8,10-12H,6-7H2/t10-,11?/m0/s1. The molecule has 0 spiro atoms. The molecule has 1 aliphatic heterocycles. The molecular formula is C11H13NOS. The van der Waals surface area contributed by atoms with Gasteiger partial charge in [0.1, 0.15) is 6.23 Å². The van der Waals surface area contributed by atoms with Gasteiger partial charge < -0.3 is 4.74 Å². The van der Waals surface area contributed by atoms with Gasteiger partial charge in [-0.25, -0.2) is 0 Å². The number of thiocarbonyl (C=S) groups is 1. The molecule has 1 aromatic carbocycles. The van der Waals surface area contributed by atoms with Crippen LogP contribution in [0.4, 0.5) is 0 Å². The van der Waals surface area contributed by atoms with Crippen LogP contribution in [0, 0.1) is 0 Å². The lowest BCUT2D eigenvalue weighted by Crippen LogP contribution is -2.32. The molecule has 0 aromatic heterocycles. The highest BCUT2D eigenvalue weighted by Gasteiger charge is 2.22. The third kappa shape index (κ3) is 2.38. The Morgan fingerprint density at radius 3 is 2.86 bits per heavy atom. The Bertz CT molecular complexity index is 301. The maximum atomic E-state index is 5.42. The molecule has 2 atom stereocenters. The molecule has 1 heterocycles. The van der Waals surface area contributed by atoms with E-state index in [1.165, 1.54) is 5.56 Å². The van der Waals surface area contributed by atoms with Crippen LogP contribution in [0.25, 0.3) is 0 Å². The van der Waals surface area contributed by atoms with Gasteiger partial charge >= 0.3 is 0 Å². The van der Waals surface area contributed by atoms with Crippen molar-refractivity contribution in [2.75, 3.05) is 6.61 Å². The molecule has 0 amide bonds. The second-order valence-corrected chi connectivity index (χ2v) is 3.72. The van der Waals surface area contributed by atoms with Crippen LogP contribution >= 0.6 is 12.2 Å². The van der Waals surface area contributed by atoms with Gasteiger partial charge in [-0.1, -0.05) is 42.5 Å². The van der Waals surface area contributed by atoms with Crippen LogP contribution in [0.1, 0.15) is 5.56 Å². The van der Waals surface area contributed by atoms with E-state index in [0.717, 1.165) is 13.0 Å². The molecule has 2 nitrogen and oxygen atoms in total. The molecule has 1 saturated heterocycles. The number of ether oxygens (including phenoxy) is 1. The quantitative estimate of drug-likeness (QED) is 0.760. The van der Waals surface area contributed by atoms with E-state index in [4.69, 9.17) is 17.0 Å². The molecule has 1 aromatic rings. The lowest BCUT2D eigenvalue weighted by Gasteiger charge is -2.08. The van der Waals surface area contributed by atoms with E-state index < -0.39 is 0 Å². The van der Waals surface area contributed by atoms with Crippen LogP contribution in [0.5, 0.6) is 0 Å². The molecule has 1 aliphatic rings. The fourth-order valence-electron chi connectivity index (χ4n) is 1.64. The molecule has 1 N–H and O–H groups in total. The molecule has 3 heteroatoms. The molecule has 0 aliphatic carbocycles. The van der Waals surface area contributed by atoms with E-state index in [1.807, 2.05) is 6.07 Å². The Hall–Kier alpha value is -0.770. The highest BCUT2D eigenvalue weighted by Crippen LogP contribution is 2.08. The molecule has 1 fully saturated rings. The van der Waals surface area contributed by atoms with Gasteiger partial charge in [0.15, 0.2) is 0 Å². The molecule has 74 valence electrons. The third-order valence-electron chi connectivity index (χ3n) is 2.33. The normalized spacial score (nSPS) is 26.3. The van der Waals surface area contributed by atoms with Crippen molar-refractivity contribution >= 4 is 17.6 Å². The van der Waals surface area contributed by atoms with Crippen molar-refractivity contribution in [1.82, 2.24) is 5.32 Å². The van der Waals surface area contributed by atoms with Gasteiger partial charge in [0.25, 0.3) is 0 Å². The van der Waals surface area contributed by atoms with E-state index in [0.29, 0.717) is 6.04 Å². The van der Waals surface area contributed by atoms with Crippen LogP contribution < -0.4 is 5.32 Å². The first-order chi connectivity index (χ1) is 6.88. The largest absolute Gasteiger partial charge is 0.357 e. The molecule has 14 heavy (non-hydrogen) atoms. The molecule has 0 saturated carbocycles.